The monoisotopic (exact) mass is 233 g/mol. The van der Waals surface area contributed by atoms with Crippen LogP contribution < -0.4 is 4.72 Å². The number of hydrogen-bond donors (Lipinski definition) is 2. The van der Waals surface area contributed by atoms with Gasteiger partial charge in [-0.3, -0.25) is 0 Å². The number of hydrogen-bond acceptors (Lipinski definition) is 3. The third kappa shape index (κ3) is 2.71. The van der Waals surface area contributed by atoms with E-state index in [1.165, 1.54) is 0 Å². The van der Waals surface area contributed by atoms with E-state index in [-0.39, 0.29) is 23.8 Å². The van der Waals surface area contributed by atoms with Crippen LogP contribution in [0.15, 0.2) is 0 Å². The number of nitrogens with one attached hydrogen (secondary N) is 1. The summed E-state index contributed by atoms with van der Waals surface area (Å²) in [6, 6.07) is -0.0330. The van der Waals surface area contributed by atoms with Crippen molar-refractivity contribution in [2.45, 2.75) is 49.8 Å². The molecular formula is C10H19NO3S. The summed E-state index contributed by atoms with van der Waals surface area (Å²) in [5, 5.41) is 9.02. The highest BCUT2D eigenvalue weighted by atomic mass is 32.2. The minimum absolute atomic E-state index is 0.0330. The quantitative estimate of drug-likeness (QED) is 0.748. The Morgan fingerprint density at radius 3 is 2.40 bits per heavy atom. The zero-order valence-electron chi connectivity index (χ0n) is 8.85. The second-order valence-electron chi connectivity index (χ2n) is 4.70. The molecule has 0 heterocycles. The molecule has 2 N–H and O–H groups in total. The van der Waals surface area contributed by atoms with E-state index in [0.717, 1.165) is 38.5 Å². The summed E-state index contributed by atoms with van der Waals surface area (Å²) in [5.74, 6) is 0.118. The summed E-state index contributed by atoms with van der Waals surface area (Å²) in [5.41, 5.74) is 0. The summed E-state index contributed by atoms with van der Waals surface area (Å²) < 4.78 is 26.2. The molecule has 2 aliphatic carbocycles. The molecule has 0 aromatic rings. The molecule has 0 saturated heterocycles. The van der Waals surface area contributed by atoms with Gasteiger partial charge >= 0.3 is 0 Å². The van der Waals surface area contributed by atoms with Crippen molar-refractivity contribution in [1.29, 1.82) is 0 Å². The molecule has 2 unspecified atom stereocenters. The molecule has 0 aromatic carbocycles. The Kier molecular flexibility index (Phi) is 3.33. The van der Waals surface area contributed by atoms with Gasteiger partial charge in [-0.1, -0.05) is 12.8 Å². The van der Waals surface area contributed by atoms with Crippen molar-refractivity contribution in [2.75, 3.05) is 6.61 Å². The Morgan fingerprint density at radius 2 is 1.80 bits per heavy atom. The van der Waals surface area contributed by atoms with E-state index in [9.17, 15) is 13.5 Å². The van der Waals surface area contributed by atoms with Crippen LogP contribution in [-0.2, 0) is 10.0 Å². The predicted molar refractivity (Wildman–Crippen MR) is 57.9 cm³/mol. The highest BCUT2D eigenvalue weighted by Gasteiger charge is 2.38. The molecule has 2 rings (SSSR count). The molecule has 5 heteroatoms. The summed E-state index contributed by atoms with van der Waals surface area (Å²) in [4.78, 5) is 0. The van der Waals surface area contributed by atoms with Gasteiger partial charge in [0.05, 0.1) is 5.25 Å². The fourth-order valence-corrected chi connectivity index (χ4v) is 3.95. The van der Waals surface area contributed by atoms with Crippen LogP contribution in [0.3, 0.4) is 0 Å². The van der Waals surface area contributed by atoms with Crippen LogP contribution in [0.25, 0.3) is 0 Å². The maximum Gasteiger partial charge on any atom is 0.214 e. The van der Waals surface area contributed by atoms with Crippen LogP contribution in [0.4, 0.5) is 0 Å². The fourth-order valence-electron chi connectivity index (χ4n) is 2.27. The highest BCUT2D eigenvalue weighted by molar-refractivity contribution is 7.90. The van der Waals surface area contributed by atoms with Gasteiger partial charge < -0.3 is 5.11 Å². The zero-order chi connectivity index (χ0) is 10.9. The lowest BCUT2D eigenvalue weighted by atomic mass is 9.86. The molecule has 0 bridgehead atoms. The van der Waals surface area contributed by atoms with Gasteiger partial charge in [0, 0.05) is 12.6 Å². The van der Waals surface area contributed by atoms with Crippen molar-refractivity contribution >= 4 is 10.0 Å². The summed E-state index contributed by atoms with van der Waals surface area (Å²) in [6.07, 6.45) is 5.57. The van der Waals surface area contributed by atoms with Crippen LogP contribution in [-0.4, -0.2) is 31.4 Å². The first kappa shape index (κ1) is 11.4. The number of aliphatic hydroxyl groups is 1. The zero-order valence-corrected chi connectivity index (χ0v) is 9.67. The first-order chi connectivity index (χ1) is 7.13. The molecule has 2 fully saturated rings. The maximum absolute atomic E-state index is 11.7. The Labute approximate surface area is 91.1 Å². The maximum atomic E-state index is 11.7. The van der Waals surface area contributed by atoms with Crippen molar-refractivity contribution in [3.63, 3.8) is 0 Å². The molecule has 4 nitrogen and oxygen atoms in total. The largest absolute Gasteiger partial charge is 0.396 e. The van der Waals surface area contributed by atoms with Crippen molar-refractivity contribution in [2.24, 2.45) is 5.92 Å². The van der Waals surface area contributed by atoms with Crippen LogP contribution in [0.2, 0.25) is 0 Å². The Morgan fingerprint density at radius 1 is 1.13 bits per heavy atom. The van der Waals surface area contributed by atoms with Gasteiger partial charge in [0.25, 0.3) is 0 Å². The Hall–Kier alpha value is -0.130. The topological polar surface area (TPSA) is 66.4 Å². The molecule has 2 atom stereocenters. The van der Waals surface area contributed by atoms with E-state index >= 15 is 0 Å². The van der Waals surface area contributed by atoms with Gasteiger partial charge in [-0.15, -0.1) is 0 Å². The van der Waals surface area contributed by atoms with Crippen molar-refractivity contribution in [1.82, 2.24) is 4.72 Å². The molecule has 0 radical (unpaired) electrons. The smallest absolute Gasteiger partial charge is 0.214 e. The van der Waals surface area contributed by atoms with Crippen molar-refractivity contribution in [3.05, 3.63) is 0 Å². The molecular weight excluding hydrogens is 214 g/mol. The van der Waals surface area contributed by atoms with E-state index in [0.29, 0.717) is 0 Å². The lowest BCUT2D eigenvalue weighted by Crippen LogP contribution is -2.44. The van der Waals surface area contributed by atoms with Gasteiger partial charge in [-0.05, 0) is 31.6 Å². The molecule has 2 aliphatic rings. The van der Waals surface area contributed by atoms with Gasteiger partial charge in [-0.2, -0.15) is 0 Å². The van der Waals surface area contributed by atoms with Gasteiger partial charge in [0.2, 0.25) is 10.0 Å². The van der Waals surface area contributed by atoms with Crippen LogP contribution in [0.1, 0.15) is 38.5 Å². The Bertz CT molecular complexity index is 311. The van der Waals surface area contributed by atoms with Gasteiger partial charge in [0.15, 0.2) is 0 Å². The number of aliphatic hydroxyl groups excluding tert-OH is 1. The summed E-state index contributed by atoms with van der Waals surface area (Å²) >= 11 is 0. The number of sulfonamides is 1. The first-order valence-electron chi connectivity index (χ1n) is 5.75. The van der Waals surface area contributed by atoms with E-state index < -0.39 is 10.0 Å². The van der Waals surface area contributed by atoms with Crippen molar-refractivity contribution in [3.8, 4) is 0 Å². The third-order valence-electron chi connectivity index (χ3n) is 3.42. The second kappa shape index (κ2) is 4.39. The minimum atomic E-state index is -3.09. The van der Waals surface area contributed by atoms with E-state index in [2.05, 4.69) is 4.72 Å². The van der Waals surface area contributed by atoms with Gasteiger partial charge in [-0.25, -0.2) is 13.1 Å². The summed E-state index contributed by atoms with van der Waals surface area (Å²) in [6.45, 7) is 0.0951. The molecule has 88 valence electrons. The van der Waals surface area contributed by atoms with Crippen molar-refractivity contribution < 1.29 is 13.5 Å². The molecule has 0 amide bonds. The lowest BCUT2D eigenvalue weighted by molar-refractivity contribution is 0.164. The van der Waals surface area contributed by atoms with Crippen LogP contribution >= 0.6 is 0 Å². The average molecular weight is 233 g/mol. The van der Waals surface area contributed by atoms with Crippen LogP contribution in [0.5, 0.6) is 0 Å². The molecule has 15 heavy (non-hydrogen) atoms. The number of rotatable bonds is 4. The van der Waals surface area contributed by atoms with E-state index in [1.54, 1.807) is 0 Å². The highest BCUT2D eigenvalue weighted by Crippen LogP contribution is 2.30. The lowest BCUT2D eigenvalue weighted by Gasteiger charge is -2.30. The normalized spacial score (nSPS) is 32.9. The average Bonchev–Trinajstić information content (AvgIpc) is 3.01. The molecule has 2 saturated carbocycles. The third-order valence-corrected chi connectivity index (χ3v) is 5.40. The minimum Gasteiger partial charge on any atom is -0.396 e. The standard InChI is InChI=1S/C10H19NO3S/c12-7-8-3-1-2-4-10(8)11-15(13,14)9-5-6-9/h8-12H,1-7H2. The Balaban J connectivity index is 1.96. The molecule has 0 aliphatic heterocycles. The fraction of sp³-hybridized carbons (Fsp3) is 1.00. The molecule has 0 aromatic heterocycles. The van der Waals surface area contributed by atoms with E-state index in [1.807, 2.05) is 0 Å². The summed E-state index contributed by atoms with van der Waals surface area (Å²) in [7, 11) is -3.09. The molecule has 0 spiro atoms. The van der Waals surface area contributed by atoms with E-state index in [4.69, 9.17) is 0 Å². The SMILES string of the molecule is O=S(=O)(NC1CCCCC1CO)C1CC1. The van der Waals surface area contributed by atoms with Crippen LogP contribution in [0, 0.1) is 5.92 Å². The first-order valence-corrected chi connectivity index (χ1v) is 7.30. The van der Waals surface area contributed by atoms with Gasteiger partial charge in [0.1, 0.15) is 0 Å². The predicted octanol–water partition coefficient (Wildman–Crippen LogP) is 0.619. The second-order valence-corrected chi connectivity index (χ2v) is 6.69.